The minimum absolute atomic E-state index is 0.00737. The number of carbonyl (C=O) groups excluding carboxylic acids is 2. The van der Waals surface area contributed by atoms with Crippen molar-refractivity contribution in [3.8, 4) is 23.0 Å². The molecule has 68 heavy (non-hydrogen) atoms. The van der Waals surface area contributed by atoms with Crippen LogP contribution in [-0.4, -0.2) is 96.1 Å². The van der Waals surface area contributed by atoms with Crippen molar-refractivity contribution in [2.75, 3.05) is 58.9 Å². The van der Waals surface area contributed by atoms with E-state index in [4.69, 9.17) is 28.9 Å². The number of imidazole rings is 2. The highest BCUT2D eigenvalue weighted by Crippen LogP contribution is 2.46. The summed E-state index contributed by atoms with van der Waals surface area (Å²) in [5.41, 5.74) is 4.98. The zero-order valence-corrected chi connectivity index (χ0v) is 41.0. The minimum Gasteiger partial charge on any atom is -0.497 e. The molecule has 14 heteroatoms. The predicted molar refractivity (Wildman–Crippen MR) is 268 cm³/mol. The van der Waals surface area contributed by atoms with Crippen LogP contribution in [-0.2, 0) is 16.1 Å². The molecule has 0 unspecified atom stereocenters. The number of ether oxygens (including phenoxy) is 4. The smallest absolute Gasteiger partial charge is 0.195 e. The summed E-state index contributed by atoms with van der Waals surface area (Å²) in [5, 5.41) is 3.74. The van der Waals surface area contributed by atoms with Crippen LogP contribution >= 0.6 is 0 Å². The van der Waals surface area contributed by atoms with Gasteiger partial charge in [0.1, 0.15) is 68.5 Å². The van der Waals surface area contributed by atoms with Crippen LogP contribution in [0.5, 0.6) is 23.0 Å². The predicted octanol–water partition coefficient (Wildman–Crippen LogP) is 9.46. The highest BCUT2D eigenvalue weighted by Gasteiger charge is 2.51. The van der Waals surface area contributed by atoms with E-state index in [2.05, 4.69) is 31.9 Å². The number of hydrogen-bond acceptors (Lipinski definition) is 12. The Morgan fingerprint density at radius 2 is 1.18 bits per heavy atom. The molecule has 2 saturated carbocycles. The summed E-state index contributed by atoms with van der Waals surface area (Å²) in [6, 6.07) is 27.5. The van der Waals surface area contributed by atoms with Gasteiger partial charge < -0.3 is 48.5 Å². The first-order valence-corrected chi connectivity index (χ1v) is 23.6. The number of hydrogen-bond donors (Lipinski definition) is 2. The van der Waals surface area contributed by atoms with Gasteiger partial charge >= 0.3 is 0 Å². The fourth-order valence-corrected chi connectivity index (χ4v) is 9.94. The van der Waals surface area contributed by atoms with Crippen LogP contribution < -0.4 is 34.1 Å². The Bertz CT molecular complexity index is 2880. The summed E-state index contributed by atoms with van der Waals surface area (Å²) < 4.78 is 24.4. The maximum Gasteiger partial charge on any atom is 0.195 e. The first kappa shape index (κ1) is 46.2. The number of para-hydroxylation sites is 4. The molecule has 2 fully saturated rings. The van der Waals surface area contributed by atoms with Crippen LogP contribution in [0.1, 0.15) is 77.9 Å². The van der Waals surface area contributed by atoms with Crippen LogP contribution in [0, 0.1) is 11.8 Å². The van der Waals surface area contributed by atoms with Gasteiger partial charge in [0, 0.05) is 63.6 Å². The van der Waals surface area contributed by atoms with E-state index >= 15 is 0 Å². The zero-order valence-electron chi connectivity index (χ0n) is 41.0. The Morgan fingerprint density at radius 1 is 0.662 bits per heavy atom. The summed E-state index contributed by atoms with van der Waals surface area (Å²) in [7, 11) is 10.4. The Labute approximate surface area is 398 Å². The molecule has 356 valence electrons. The van der Waals surface area contributed by atoms with Crippen molar-refractivity contribution in [3.63, 3.8) is 0 Å². The van der Waals surface area contributed by atoms with Gasteiger partial charge in [-0.3, -0.25) is 9.59 Å². The normalized spacial score (nSPS) is 17.9. The lowest BCUT2D eigenvalue weighted by Gasteiger charge is -2.37. The van der Waals surface area contributed by atoms with Crippen LogP contribution in [0.4, 0.5) is 11.4 Å². The molecule has 2 aliphatic heterocycles. The molecule has 0 bridgehead atoms. The molecule has 2 aromatic heterocycles. The van der Waals surface area contributed by atoms with E-state index in [9.17, 15) is 9.59 Å². The number of nitrogens with one attached hydrogen (secondary N) is 2. The lowest BCUT2D eigenvalue weighted by Crippen LogP contribution is -2.47. The van der Waals surface area contributed by atoms with E-state index in [1.54, 1.807) is 28.4 Å². The van der Waals surface area contributed by atoms with Crippen molar-refractivity contribution in [2.24, 2.45) is 11.8 Å². The summed E-state index contributed by atoms with van der Waals surface area (Å²) in [6.45, 7) is 9.55. The number of ketones is 2. The number of anilines is 2. The number of fused-ring (bicyclic) bond motifs is 2. The molecule has 10 rings (SSSR count). The first-order valence-electron chi connectivity index (χ1n) is 23.6. The van der Waals surface area contributed by atoms with Crippen LogP contribution in [0.25, 0.3) is 33.2 Å². The minimum atomic E-state index is -0.828. The molecule has 14 nitrogen and oxygen atoms in total. The number of nitrogens with zero attached hydrogens (tertiary/aromatic N) is 6. The largest absolute Gasteiger partial charge is 0.497 e. The molecule has 0 spiro atoms. The fraction of sp³-hybridized carbons (Fsp3) is 0.407. The molecule has 4 aromatic carbocycles. The number of aromatic amines is 1. The third-order valence-corrected chi connectivity index (χ3v) is 14.1. The molecule has 0 amide bonds. The Hall–Kier alpha value is -6.96. The number of rotatable bonds is 14. The van der Waals surface area contributed by atoms with Crippen molar-refractivity contribution in [1.29, 1.82) is 0 Å². The van der Waals surface area contributed by atoms with Crippen molar-refractivity contribution < 1.29 is 28.5 Å². The standard InChI is InChI=1S/C31H38N4O3.C23H26N4O3/c1-31(2)28(36)27(30-33-25-13-5-6-14-26(25)34(30)19-21-11-8-12-21)29(32-18-20-9-7-10-20)35(31)22-15-23(37-3)17-24(16-22)38-4;1-23(2)20(28)19(21-24-17-9-7-8-10-18(17)25-21)22(26(3)4)27(23)14-11-15(29-5)13-16(12-14)30-6/h5-6,13-17,20-21,32H,7-12,18-19H2,1-4H3;7-13H,1-6H3,(H,24,25). The van der Waals surface area contributed by atoms with Crippen LogP contribution in [0.2, 0.25) is 0 Å². The highest BCUT2D eigenvalue weighted by molar-refractivity contribution is 6.30. The van der Waals surface area contributed by atoms with Crippen molar-refractivity contribution in [2.45, 2.75) is 83.8 Å². The molecule has 0 radical (unpaired) electrons. The van der Waals surface area contributed by atoms with E-state index in [0.29, 0.717) is 51.8 Å². The van der Waals surface area contributed by atoms with E-state index < -0.39 is 11.1 Å². The number of Topliss-reactive ketones (excluding diaryl/α,β-unsaturated/α-hetero) is 2. The second-order valence-electron chi connectivity index (χ2n) is 19.5. The van der Waals surface area contributed by atoms with Gasteiger partial charge in [0.2, 0.25) is 0 Å². The molecule has 4 aliphatic rings. The molecule has 0 saturated heterocycles. The average molecular weight is 921 g/mol. The molecule has 2 aliphatic carbocycles. The number of carbonyl (C=O) groups is 2. The van der Waals surface area contributed by atoms with Gasteiger partial charge in [0.25, 0.3) is 0 Å². The van der Waals surface area contributed by atoms with Gasteiger partial charge in [0.05, 0.1) is 61.9 Å². The molecular weight excluding hydrogens is 857 g/mol. The Balaban J connectivity index is 0.000000175. The molecular formula is C54H64N8O6. The Kier molecular flexibility index (Phi) is 12.4. The third kappa shape index (κ3) is 8.17. The van der Waals surface area contributed by atoms with Gasteiger partial charge in [-0.05, 0) is 89.5 Å². The topological polar surface area (TPSA) is 139 Å². The van der Waals surface area contributed by atoms with Crippen LogP contribution in [0.15, 0.2) is 96.6 Å². The summed E-state index contributed by atoms with van der Waals surface area (Å²) in [6.07, 6.45) is 7.46. The Morgan fingerprint density at radius 3 is 1.71 bits per heavy atom. The number of aromatic nitrogens is 4. The van der Waals surface area contributed by atoms with E-state index in [0.717, 1.165) is 64.0 Å². The van der Waals surface area contributed by atoms with E-state index in [1.165, 1.54) is 38.5 Å². The summed E-state index contributed by atoms with van der Waals surface area (Å²) >= 11 is 0. The van der Waals surface area contributed by atoms with Gasteiger partial charge in [-0.15, -0.1) is 0 Å². The van der Waals surface area contributed by atoms with Gasteiger partial charge in [-0.1, -0.05) is 37.1 Å². The van der Waals surface area contributed by atoms with Crippen LogP contribution in [0.3, 0.4) is 0 Å². The van der Waals surface area contributed by atoms with E-state index in [-0.39, 0.29) is 11.6 Å². The maximum absolute atomic E-state index is 14.4. The molecule has 2 N–H and O–H groups in total. The van der Waals surface area contributed by atoms with Gasteiger partial charge in [-0.2, -0.15) is 0 Å². The van der Waals surface area contributed by atoms with E-state index in [1.807, 2.05) is 124 Å². The molecule has 6 aromatic rings. The number of benzene rings is 4. The van der Waals surface area contributed by atoms with Gasteiger partial charge in [0.15, 0.2) is 11.6 Å². The first-order chi connectivity index (χ1) is 32.7. The summed E-state index contributed by atoms with van der Waals surface area (Å²) in [4.78, 5) is 47.3. The fourth-order valence-electron chi connectivity index (χ4n) is 9.94. The SMILES string of the molecule is COc1cc(OC)cc(N2C(N(C)C)=C(c3nc4ccccc4[nH]3)C(=O)C2(C)C)c1.COc1cc(OC)cc(N2C(NCC3CCC3)=C(c3nc4ccccc4n3CC3CCC3)C(=O)C2(C)C)c1. The van der Waals surface area contributed by atoms with Crippen molar-refractivity contribution in [3.05, 3.63) is 108 Å². The summed E-state index contributed by atoms with van der Waals surface area (Å²) in [5.74, 6) is 6.92. The van der Waals surface area contributed by atoms with Crippen molar-refractivity contribution >= 4 is 56.2 Å². The molecule has 4 heterocycles. The number of methoxy groups -OCH3 is 4. The number of H-pyrrole nitrogens is 1. The average Bonchev–Trinajstić information content (AvgIpc) is 4.00. The monoisotopic (exact) mass is 920 g/mol. The zero-order chi connectivity index (χ0) is 48.1. The highest BCUT2D eigenvalue weighted by atomic mass is 16.5. The quantitative estimate of drug-likeness (QED) is 0.108. The molecule has 0 atom stereocenters. The van der Waals surface area contributed by atoms with Gasteiger partial charge in [-0.25, -0.2) is 9.97 Å². The third-order valence-electron chi connectivity index (χ3n) is 14.1. The second-order valence-corrected chi connectivity index (χ2v) is 19.5. The lowest BCUT2D eigenvalue weighted by atomic mass is 9.85. The second kappa shape index (κ2) is 18.3. The lowest BCUT2D eigenvalue weighted by molar-refractivity contribution is -0.117. The van der Waals surface area contributed by atoms with Crippen molar-refractivity contribution in [1.82, 2.24) is 29.7 Å². The maximum atomic E-state index is 14.4.